The molecule has 22 heavy (non-hydrogen) atoms. The van der Waals surface area contributed by atoms with Crippen molar-refractivity contribution in [2.24, 2.45) is 11.7 Å². The van der Waals surface area contributed by atoms with Gasteiger partial charge in [0.25, 0.3) is 0 Å². The first kappa shape index (κ1) is 20.0. The van der Waals surface area contributed by atoms with Crippen LogP contribution in [0.15, 0.2) is 0 Å². The molecule has 0 aromatic carbocycles. The number of nitrogens with two attached hydrogens (primary N) is 1. The van der Waals surface area contributed by atoms with Crippen LogP contribution in [-0.4, -0.2) is 53.5 Å². The van der Waals surface area contributed by atoms with Crippen LogP contribution in [0.3, 0.4) is 0 Å². The number of piperazine rings is 1. The molecule has 3 aliphatic rings. The summed E-state index contributed by atoms with van der Waals surface area (Å²) in [5, 5.41) is 0. The van der Waals surface area contributed by atoms with Crippen LogP contribution in [0.25, 0.3) is 0 Å². The number of carbonyl (C=O) groups excluding carboxylic acids is 1. The summed E-state index contributed by atoms with van der Waals surface area (Å²) in [6, 6.07) is 1.22. The molecule has 0 bridgehead atoms. The van der Waals surface area contributed by atoms with Gasteiger partial charge in [0.15, 0.2) is 0 Å². The van der Waals surface area contributed by atoms with E-state index in [-0.39, 0.29) is 36.8 Å². The lowest BCUT2D eigenvalue weighted by Crippen LogP contribution is -2.61. The van der Waals surface area contributed by atoms with Gasteiger partial charge in [0.2, 0.25) is 5.91 Å². The molecule has 2 saturated heterocycles. The Morgan fingerprint density at radius 3 is 2.55 bits per heavy atom. The lowest BCUT2D eigenvalue weighted by atomic mass is 9.84. The molecular weight excluding hydrogens is 321 g/mol. The molecule has 4 nitrogen and oxygen atoms in total. The highest BCUT2D eigenvalue weighted by molar-refractivity contribution is 5.85. The minimum atomic E-state index is 0. The van der Waals surface area contributed by atoms with Crippen molar-refractivity contribution in [2.75, 3.05) is 19.6 Å². The number of hydrogen-bond donors (Lipinski definition) is 1. The van der Waals surface area contributed by atoms with Crippen LogP contribution in [0, 0.1) is 5.92 Å². The molecule has 3 rings (SSSR count). The van der Waals surface area contributed by atoms with Gasteiger partial charge in [-0.15, -0.1) is 24.8 Å². The zero-order chi connectivity index (χ0) is 14.1. The molecule has 0 aromatic heterocycles. The first-order valence-electron chi connectivity index (χ1n) is 8.45. The van der Waals surface area contributed by atoms with E-state index in [2.05, 4.69) is 16.7 Å². The van der Waals surface area contributed by atoms with Crippen LogP contribution in [0.1, 0.15) is 51.9 Å². The normalized spacial score (nSPS) is 35.8. The highest BCUT2D eigenvalue weighted by atomic mass is 35.5. The standard InChI is InChI=1S/C16H29N3O.2ClH/c1-12-10-18-8-3-2-7-15(18)11-19(12)16(20)13-5-4-6-14(17)9-13;;/h12-15H,2-11,17H2,1H3;2*1H. The van der Waals surface area contributed by atoms with E-state index in [0.29, 0.717) is 18.0 Å². The van der Waals surface area contributed by atoms with E-state index < -0.39 is 0 Å². The van der Waals surface area contributed by atoms with Gasteiger partial charge in [0.1, 0.15) is 0 Å². The molecule has 3 fully saturated rings. The maximum Gasteiger partial charge on any atom is 0.226 e. The van der Waals surface area contributed by atoms with Crippen LogP contribution in [0.2, 0.25) is 0 Å². The van der Waals surface area contributed by atoms with Crippen molar-refractivity contribution in [3.63, 3.8) is 0 Å². The monoisotopic (exact) mass is 351 g/mol. The molecule has 0 aromatic rings. The fourth-order valence-electron chi connectivity index (χ4n) is 4.35. The van der Waals surface area contributed by atoms with E-state index in [4.69, 9.17) is 5.73 Å². The summed E-state index contributed by atoms with van der Waals surface area (Å²) >= 11 is 0. The molecule has 2 heterocycles. The van der Waals surface area contributed by atoms with Crippen LogP contribution in [0.5, 0.6) is 0 Å². The van der Waals surface area contributed by atoms with E-state index >= 15 is 0 Å². The largest absolute Gasteiger partial charge is 0.337 e. The topological polar surface area (TPSA) is 49.6 Å². The maximum atomic E-state index is 12.8. The maximum absolute atomic E-state index is 12.8. The van der Waals surface area contributed by atoms with Crippen molar-refractivity contribution in [1.29, 1.82) is 0 Å². The Labute approximate surface area is 147 Å². The molecule has 1 amide bonds. The lowest BCUT2D eigenvalue weighted by Gasteiger charge is -2.48. The minimum absolute atomic E-state index is 0. The van der Waals surface area contributed by atoms with Gasteiger partial charge in [-0.25, -0.2) is 0 Å². The van der Waals surface area contributed by atoms with Crippen molar-refractivity contribution in [3.8, 4) is 0 Å². The molecule has 4 unspecified atom stereocenters. The molecular formula is C16H31Cl2N3O. The van der Waals surface area contributed by atoms with Crippen LogP contribution >= 0.6 is 24.8 Å². The summed E-state index contributed by atoms with van der Waals surface area (Å²) in [6.45, 7) is 5.46. The Bertz CT molecular complexity index is 369. The second-order valence-corrected chi connectivity index (χ2v) is 7.11. The second-order valence-electron chi connectivity index (χ2n) is 7.11. The third-order valence-electron chi connectivity index (χ3n) is 5.53. The van der Waals surface area contributed by atoms with E-state index in [1.54, 1.807) is 0 Å². The van der Waals surface area contributed by atoms with Gasteiger partial charge >= 0.3 is 0 Å². The predicted molar refractivity (Wildman–Crippen MR) is 94.8 cm³/mol. The quantitative estimate of drug-likeness (QED) is 0.789. The molecule has 2 N–H and O–H groups in total. The van der Waals surface area contributed by atoms with Gasteiger partial charge in [-0.3, -0.25) is 9.69 Å². The van der Waals surface area contributed by atoms with Crippen molar-refractivity contribution in [3.05, 3.63) is 0 Å². The predicted octanol–water partition coefficient (Wildman–Crippen LogP) is 2.43. The number of halogens is 2. The molecule has 1 aliphatic carbocycles. The molecule has 130 valence electrons. The van der Waals surface area contributed by atoms with Crippen molar-refractivity contribution in [1.82, 2.24) is 9.80 Å². The molecule has 2 aliphatic heterocycles. The summed E-state index contributed by atoms with van der Waals surface area (Å²) in [5.74, 6) is 0.578. The van der Waals surface area contributed by atoms with E-state index in [9.17, 15) is 4.79 Å². The van der Waals surface area contributed by atoms with Gasteiger partial charge < -0.3 is 10.6 Å². The Balaban J connectivity index is 0.00000121. The average molecular weight is 352 g/mol. The molecule has 0 spiro atoms. The number of rotatable bonds is 1. The first-order valence-corrected chi connectivity index (χ1v) is 8.45. The highest BCUT2D eigenvalue weighted by Gasteiger charge is 2.38. The van der Waals surface area contributed by atoms with E-state index in [1.165, 1.54) is 25.8 Å². The fourth-order valence-corrected chi connectivity index (χ4v) is 4.35. The molecule has 1 saturated carbocycles. The number of piperidine rings is 1. The van der Waals surface area contributed by atoms with Crippen molar-refractivity contribution in [2.45, 2.75) is 70.0 Å². The number of fused-ring (bicyclic) bond motifs is 1. The fraction of sp³-hybridized carbons (Fsp3) is 0.938. The Hall–Kier alpha value is -0.0300. The second kappa shape index (κ2) is 8.72. The van der Waals surface area contributed by atoms with Crippen LogP contribution < -0.4 is 5.73 Å². The highest BCUT2D eigenvalue weighted by Crippen LogP contribution is 2.29. The zero-order valence-corrected chi connectivity index (χ0v) is 15.2. The van der Waals surface area contributed by atoms with Gasteiger partial charge in [0, 0.05) is 37.1 Å². The van der Waals surface area contributed by atoms with Gasteiger partial charge in [-0.1, -0.05) is 12.8 Å². The molecule has 6 heteroatoms. The number of hydrogen-bond acceptors (Lipinski definition) is 3. The Morgan fingerprint density at radius 1 is 1.05 bits per heavy atom. The number of carbonyl (C=O) groups is 1. The summed E-state index contributed by atoms with van der Waals surface area (Å²) in [7, 11) is 0. The third kappa shape index (κ3) is 4.28. The molecule has 0 radical (unpaired) electrons. The van der Waals surface area contributed by atoms with Crippen LogP contribution in [-0.2, 0) is 4.79 Å². The minimum Gasteiger partial charge on any atom is -0.337 e. The van der Waals surface area contributed by atoms with Crippen molar-refractivity contribution < 1.29 is 4.79 Å². The lowest BCUT2D eigenvalue weighted by molar-refractivity contribution is -0.143. The summed E-state index contributed by atoms with van der Waals surface area (Å²) in [4.78, 5) is 17.6. The average Bonchev–Trinajstić information content (AvgIpc) is 2.46. The van der Waals surface area contributed by atoms with Gasteiger partial charge in [-0.05, 0) is 45.6 Å². The molecule has 4 atom stereocenters. The van der Waals surface area contributed by atoms with E-state index in [1.807, 2.05) is 0 Å². The zero-order valence-electron chi connectivity index (χ0n) is 13.6. The summed E-state index contributed by atoms with van der Waals surface area (Å²) in [5.41, 5.74) is 6.05. The van der Waals surface area contributed by atoms with Gasteiger partial charge in [-0.2, -0.15) is 0 Å². The smallest absolute Gasteiger partial charge is 0.226 e. The third-order valence-corrected chi connectivity index (χ3v) is 5.53. The number of amides is 1. The van der Waals surface area contributed by atoms with Gasteiger partial charge in [0.05, 0.1) is 0 Å². The summed E-state index contributed by atoms with van der Waals surface area (Å²) < 4.78 is 0. The Morgan fingerprint density at radius 2 is 1.82 bits per heavy atom. The number of nitrogens with zero attached hydrogens (tertiary/aromatic N) is 2. The van der Waals surface area contributed by atoms with E-state index in [0.717, 1.165) is 38.8 Å². The van der Waals surface area contributed by atoms with Crippen molar-refractivity contribution >= 4 is 30.7 Å². The SMILES string of the molecule is CC1CN2CCCCC2CN1C(=O)C1CCCC(N)C1.Cl.Cl. The van der Waals surface area contributed by atoms with Crippen LogP contribution in [0.4, 0.5) is 0 Å². The summed E-state index contributed by atoms with van der Waals surface area (Å²) in [6.07, 6.45) is 8.08. The Kier molecular flexibility index (Phi) is 7.93. The first-order chi connectivity index (χ1) is 9.65.